The van der Waals surface area contributed by atoms with Gasteiger partial charge in [0.2, 0.25) is 5.91 Å². The van der Waals surface area contributed by atoms with Crippen molar-refractivity contribution in [1.82, 2.24) is 14.9 Å². The number of nitrogens with one attached hydrogen (secondary N) is 1. The Bertz CT molecular complexity index is 819. The van der Waals surface area contributed by atoms with Crippen molar-refractivity contribution in [3.05, 3.63) is 36.7 Å². The first-order valence-corrected chi connectivity index (χ1v) is 11.1. The number of carbonyl (C=O) groups excluding carboxylic acids is 1. The number of ether oxygens (including phenoxy) is 1. The van der Waals surface area contributed by atoms with Crippen LogP contribution in [-0.4, -0.2) is 33.9 Å². The summed E-state index contributed by atoms with van der Waals surface area (Å²) in [7, 11) is 1.66. The van der Waals surface area contributed by atoms with Crippen LogP contribution in [0.2, 0.25) is 0 Å². The van der Waals surface area contributed by atoms with Gasteiger partial charge in [0.05, 0.1) is 12.4 Å². The normalized spacial score (nSPS) is 25.5. The maximum Gasteiger partial charge on any atom is 0.233 e. The summed E-state index contributed by atoms with van der Waals surface area (Å²) in [6.07, 6.45) is 9.09. The molecule has 150 valence electrons. The Hall–Kier alpha value is -1.95. The Morgan fingerprint density at radius 3 is 2.68 bits per heavy atom. The minimum Gasteiger partial charge on any atom is -0.497 e. The third-order valence-corrected chi connectivity index (χ3v) is 7.49. The van der Waals surface area contributed by atoms with Crippen LogP contribution in [0, 0.1) is 17.8 Å². The van der Waals surface area contributed by atoms with E-state index in [2.05, 4.69) is 17.2 Å². The fraction of sp³-hybridized carbons (Fsp3) is 0.545. The average Bonchev–Trinajstić information content (AvgIpc) is 3.45. The van der Waals surface area contributed by atoms with Crippen LogP contribution < -0.4 is 10.1 Å². The van der Waals surface area contributed by atoms with Crippen molar-refractivity contribution >= 4 is 17.7 Å². The summed E-state index contributed by atoms with van der Waals surface area (Å²) in [5.74, 6) is 3.29. The number of amides is 1. The molecule has 2 aliphatic carbocycles. The molecule has 1 heterocycles. The lowest BCUT2D eigenvalue weighted by molar-refractivity contribution is -0.121. The second-order valence-corrected chi connectivity index (χ2v) is 9.48. The Morgan fingerprint density at radius 2 is 2.04 bits per heavy atom. The number of methoxy groups -OCH3 is 1. The molecule has 28 heavy (non-hydrogen) atoms. The van der Waals surface area contributed by atoms with E-state index in [4.69, 9.17) is 4.74 Å². The van der Waals surface area contributed by atoms with Gasteiger partial charge >= 0.3 is 0 Å². The van der Waals surface area contributed by atoms with Gasteiger partial charge in [0.15, 0.2) is 5.16 Å². The number of nitrogens with zero attached hydrogens (tertiary/aromatic N) is 2. The van der Waals surface area contributed by atoms with E-state index < -0.39 is 0 Å². The molecule has 0 aliphatic heterocycles. The fourth-order valence-electron chi connectivity index (χ4n) is 4.88. The maximum absolute atomic E-state index is 12.8. The van der Waals surface area contributed by atoms with Crippen molar-refractivity contribution in [2.45, 2.75) is 56.0 Å². The van der Waals surface area contributed by atoms with Crippen molar-refractivity contribution in [3.8, 4) is 11.4 Å². The van der Waals surface area contributed by atoms with E-state index >= 15 is 0 Å². The average molecular weight is 400 g/mol. The zero-order valence-corrected chi connectivity index (χ0v) is 17.6. The van der Waals surface area contributed by atoms with Gasteiger partial charge in [-0.1, -0.05) is 18.2 Å². The quantitative estimate of drug-likeness (QED) is 0.705. The minimum absolute atomic E-state index is 0.101. The summed E-state index contributed by atoms with van der Waals surface area (Å²) in [4.78, 5) is 17.2. The number of rotatable bonds is 7. The summed E-state index contributed by atoms with van der Waals surface area (Å²) in [5.41, 5.74) is 1.00. The monoisotopic (exact) mass is 399 g/mol. The molecule has 2 bridgehead atoms. The number of carbonyl (C=O) groups is 1. The molecule has 5 atom stereocenters. The lowest BCUT2D eigenvalue weighted by Gasteiger charge is -2.29. The third-order valence-electron chi connectivity index (χ3n) is 6.41. The van der Waals surface area contributed by atoms with Crippen LogP contribution in [0.25, 0.3) is 5.69 Å². The summed E-state index contributed by atoms with van der Waals surface area (Å²) in [6.45, 7) is 4.14. The van der Waals surface area contributed by atoms with Crippen molar-refractivity contribution in [1.29, 1.82) is 0 Å². The number of aromatic nitrogens is 2. The van der Waals surface area contributed by atoms with Crippen LogP contribution in [0.5, 0.6) is 5.75 Å². The van der Waals surface area contributed by atoms with E-state index in [0.717, 1.165) is 28.4 Å². The van der Waals surface area contributed by atoms with Gasteiger partial charge in [-0.3, -0.25) is 9.36 Å². The molecule has 0 spiro atoms. The molecule has 2 saturated carbocycles. The summed E-state index contributed by atoms with van der Waals surface area (Å²) in [6, 6.07) is 8.10. The zero-order chi connectivity index (χ0) is 19.7. The van der Waals surface area contributed by atoms with E-state index in [9.17, 15) is 4.79 Å². The maximum atomic E-state index is 12.8. The van der Waals surface area contributed by atoms with E-state index in [1.165, 1.54) is 37.4 Å². The largest absolute Gasteiger partial charge is 0.497 e. The Balaban J connectivity index is 1.37. The van der Waals surface area contributed by atoms with Crippen LogP contribution in [-0.2, 0) is 4.79 Å². The lowest BCUT2D eigenvalue weighted by atomic mass is 9.84. The number of imidazole rings is 1. The van der Waals surface area contributed by atoms with Gasteiger partial charge in [-0.05, 0) is 75.1 Å². The Morgan fingerprint density at radius 1 is 1.25 bits per heavy atom. The molecule has 1 aromatic heterocycles. The van der Waals surface area contributed by atoms with E-state index in [1.54, 1.807) is 13.3 Å². The molecule has 5 nitrogen and oxygen atoms in total. The molecule has 2 aromatic rings. The van der Waals surface area contributed by atoms with Crippen LogP contribution in [0.4, 0.5) is 0 Å². The first kappa shape index (κ1) is 19.4. The van der Waals surface area contributed by atoms with Gasteiger partial charge in [-0.15, -0.1) is 0 Å². The van der Waals surface area contributed by atoms with E-state index in [-0.39, 0.29) is 17.2 Å². The highest BCUT2D eigenvalue weighted by atomic mass is 32.2. The predicted molar refractivity (Wildman–Crippen MR) is 112 cm³/mol. The van der Waals surface area contributed by atoms with Crippen LogP contribution in [0.3, 0.4) is 0 Å². The molecule has 2 fully saturated rings. The third kappa shape index (κ3) is 3.93. The lowest BCUT2D eigenvalue weighted by Crippen LogP contribution is -2.43. The first-order valence-electron chi connectivity index (χ1n) is 10.2. The van der Waals surface area contributed by atoms with E-state index in [1.807, 2.05) is 42.0 Å². The molecule has 4 rings (SSSR count). The number of thioether (sulfide) groups is 1. The molecular weight excluding hydrogens is 370 g/mol. The van der Waals surface area contributed by atoms with Crippen molar-refractivity contribution < 1.29 is 9.53 Å². The number of hydrogen-bond acceptors (Lipinski definition) is 4. The standard InChI is InChI=1S/C22H29N3O2S/c1-14(20-13-16-4-5-17(20)12-16)24-21(26)15(2)28-22-23-10-11-25(22)18-6-8-19(27-3)9-7-18/h6-11,14-17,20H,4-5,12-13H2,1-3H3,(H,24,26). The van der Waals surface area contributed by atoms with Crippen molar-refractivity contribution in [2.24, 2.45) is 17.8 Å². The van der Waals surface area contributed by atoms with Gasteiger partial charge in [0.1, 0.15) is 5.75 Å². The summed E-state index contributed by atoms with van der Waals surface area (Å²) >= 11 is 1.50. The molecule has 1 N–H and O–H groups in total. The summed E-state index contributed by atoms with van der Waals surface area (Å²) < 4.78 is 7.23. The summed E-state index contributed by atoms with van der Waals surface area (Å²) in [5, 5.41) is 3.91. The zero-order valence-electron chi connectivity index (χ0n) is 16.8. The molecule has 1 amide bonds. The Kier molecular flexibility index (Phi) is 5.67. The second kappa shape index (κ2) is 8.19. The van der Waals surface area contributed by atoms with Crippen molar-refractivity contribution in [2.75, 3.05) is 7.11 Å². The minimum atomic E-state index is -0.194. The highest BCUT2D eigenvalue weighted by Gasteiger charge is 2.42. The molecular formula is C22H29N3O2S. The highest BCUT2D eigenvalue weighted by Crippen LogP contribution is 2.49. The smallest absolute Gasteiger partial charge is 0.233 e. The number of hydrogen-bond donors (Lipinski definition) is 1. The van der Waals surface area contributed by atoms with Crippen LogP contribution in [0.1, 0.15) is 39.5 Å². The Labute approximate surface area is 171 Å². The topological polar surface area (TPSA) is 56.2 Å². The molecule has 2 aliphatic rings. The predicted octanol–water partition coefficient (Wildman–Crippen LogP) is 4.30. The van der Waals surface area contributed by atoms with Gasteiger partial charge in [0, 0.05) is 24.1 Å². The van der Waals surface area contributed by atoms with Gasteiger partial charge in [0.25, 0.3) is 0 Å². The molecule has 1 aromatic carbocycles. The first-order chi connectivity index (χ1) is 13.5. The number of benzene rings is 1. The molecule has 0 saturated heterocycles. The fourth-order valence-corrected chi connectivity index (χ4v) is 5.78. The van der Waals surface area contributed by atoms with Crippen LogP contribution >= 0.6 is 11.8 Å². The highest BCUT2D eigenvalue weighted by molar-refractivity contribution is 8.00. The van der Waals surface area contributed by atoms with Gasteiger partial charge in [-0.25, -0.2) is 4.98 Å². The second-order valence-electron chi connectivity index (χ2n) is 8.17. The van der Waals surface area contributed by atoms with Gasteiger partial charge in [-0.2, -0.15) is 0 Å². The van der Waals surface area contributed by atoms with Crippen molar-refractivity contribution in [3.63, 3.8) is 0 Å². The molecule has 6 heteroatoms. The van der Waals surface area contributed by atoms with Crippen LogP contribution in [0.15, 0.2) is 41.8 Å². The SMILES string of the molecule is COc1ccc(-n2ccnc2SC(C)C(=O)NC(C)C2CC3CCC2C3)cc1. The van der Waals surface area contributed by atoms with Gasteiger partial charge < -0.3 is 10.1 Å². The molecule has 0 radical (unpaired) electrons. The number of fused-ring (bicyclic) bond motifs is 2. The molecule has 5 unspecified atom stereocenters. The van der Waals surface area contributed by atoms with E-state index in [0.29, 0.717) is 5.92 Å².